The molecule has 2 aromatic carbocycles. The number of aromatic nitrogens is 1. The molecular weight excluding hydrogens is 391 g/mol. The molecule has 0 aliphatic rings. The van der Waals surface area contributed by atoms with Crippen LogP contribution in [-0.2, 0) is 6.18 Å². The number of rotatable bonds is 4. The Bertz CT molecular complexity index is 1000. The van der Waals surface area contributed by atoms with Crippen molar-refractivity contribution in [3.63, 3.8) is 0 Å². The van der Waals surface area contributed by atoms with E-state index in [9.17, 15) is 18.0 Å². The number of carbonyl (C=O) groups is 1. The van der Waals surface area contributed by atoms with Crippen molar-refractivity contribution >= 4 is 28.2 Å². The van der Waals surface area contributed by atoms with E-state index in [-0.39, 0.29) is 10.8 Å². The van der Waals surface area contributed by atoms with Gasteiger partial charge in [0.2, 0.25) is 0 Å². The SMILES string of the molecule is COc1ccc(-c2csc(NC(=O)Nc3ccccc3C(F)(F)F)n2)cc1C. The molecule has 0 unspecified atom stereocenters. The minimum absolute atomic E-state index is 0.269. The zero-order chi connectivity index (χ0) is 20.3. The van der Waals surface area contributed by atoms with Gasteiger partial charge in [-0.05, 0) is 42.8 Å². The van der Waals surface area contributed by atoms with Crippen LogP contribution in [0.1, 0.15) is 11.1 Å². The summed E-state index contributed by atoms with van der Waals surface area (Å²) in [4.78, 5) is 16.4. The number of nitrogens with one attached hydrogen (secondary N) is 2. The maximum atomic E-state index is 13.0. The molecule has 0 atom stereocenters. The average molecular weight is 407 g/mol. The number of hydrogen-bond donors (Lipinski definition) is 2. The highest BCUT2D eigenvalue weighted by atomic mass is 32.1. The fourth-order valence-electron chi connectivity index (χ4n) is 2.59. The Hall–Kier alpha value is -3.07. The summed E-state index contributed by atoms with van der Waals surface area (Å²) < 4.78 is 44.3. The lowest BCUT2D eigenvalue weighted by molar-refractivity contribution is -0.136. The number of methoxy groups -OCH3 is 1. The molecule has 0 aliphatic carbocycles. The van der Waals surface area contributed by atoms with Gasteiger partial charge in [-0.3, -0.25) is 5.32 Å². The zero-order valence-electron chi connectivity index (χ0n) is 14.9. The van der Waals surface area contributed by atoms with E-state index >= 15 is 0 Å². The number of ether oxygens (including phenoxy) is 1. The van der Waals surface area contributed by atoms with Crippen LogP contribution in [-0.4, -0.2) is 18.1 Å². The van der Waals surface area contributed by atoms with E-state index in [4.69, 9.17) is 4.74 Å². The van der Waals surface area contributed by atoms with E-state index in [0.717, 1.165) is 22.9 Å². The lowest BCUT2D eigenvalue weighted by atomic mass is 10.1. The number of amides is 2. The standard InChI is InChI=1S/C19H16F3N3O2S/c1-11-9-12(7-8-16(11)27-2)15-10-28-18(24-15)25-17(26)23-14-6-4-3-5-13(14)19(20,21)22/h3-10H,1-2H3,(H2,23,24,25,26). The predicted octanol–water partition coefficient (Wildman–Crippen LogP) is 5.79. The first-order valence-electron chi connectivity index (χ1n) is 8.12. The summed E-state index contributed by atoms with van der Waals surface area (Å²) in [5.74, 6) is 0.750. The first-order valence-corrected chi connectivity index (χ1v) is 9.00. The number of nitrogens with zero attached hydrogens (tertiary/aromatic N) is 1. The van der Waals surface area contributed by atoms with Crippen LogP contribution in [0.25, 0.3) is 11.3 Å². The fourth-order valence-corrected chi connectivity index (χ4v) is 3.31. The summed E-state index contributed by atoms with van der Waals surface area (Å²) in [6, 6.07) is 9.52. The van der Waals surface area contributed by atoms with E-state index in [0.29, 0.717) is 5.69 Å². The van der Waals surface area contributed by atoms with Crippen molar-refractivity contribution in [2.24, 2.45) is 0 Å². The second-order valence-electron chi connectivity index (χ2n) is 5.84. The number of thiazole rings is 1. The normalized spacial score (nSPS) is 11.2. The quantitative estimate of drug-likeness (QED) is 0.575. The summed E-state index contributed by atoms with van der Waals surface area (Å²) in [7, 11) is 1.59. The van der Waals surface area contributed by atoms with E-state index in [2.05, 4.69) is 15.6 Å². The smallest absolute Gasteiger partial charge is 0.418 e. The molecule has 1 aromatic heterocycles. The third-order valence-corrected chi connectivity index (χ3v) is 4.65. The fraction of sp³-hybridized carbons (Fsp3) is 0.158. The molecule has 0 aliphatic heterocycles. The number of para-hydroxylation sites is 1. The van der Waals surface area contributed by atoms with Crippen molar-refractivity contribution in [3.8, 4) is 17.0 Å². The number of alkyl halides is 3. The predicted molar refractivity (Wildman–Crippen MR) is 103 cm³/mol. The topological polar surface area (TPSA) is 63.2 Å². The van der Waals surface area contributed by atoms with Gasteiger partial charge in [0, 0.05) is 10.9 Å². The van der Waals surface area contributed by atoms with Crippen molar-refractivity contribution < 1.29 is 22.7 Å². The molecule has 28 heavy (non-hydrogen) atoms. The monoisotopic (exact) mass is 407 g/mol. The van der Waals surface area contributed by atoms with Crippen molar-refractivity contribution in [1.29, 1.82) is 0 Å². The number of urea groups is 1. The molecule has 5 nitrogen and oxygen atoms in total. The molecule has 0 spiro atoms. The van der Waals surface area contributed by atoms with E-state index < -0.39 is 17.8 Å². The molecule has 1 heterocycles. The Balaban J connectivity index is 1.72. The Morgan fingerprint density at radius 2 is 1.89 bits per heavy atom. The van der Waals surface area contributed by atoms with Crippen LogP contribution < -0.4 is 15.4 Å². The maximum Gasteiger partial charge on any atom is 0.418 e. The Morgan fingerprint density at radius 1 is 1.14 bits per heavy atom. The summed E-state index contributed by atoms with van der Waals surface area (Å²) in [5.41, 5.74) is 1.17. The number of anilines is 2. The lowest BCUT2D eigenvalue weighted by Crippen LogP contribution is -2.21. The van der Waals surface area contributed by atoms with Crippen LogP contribution >= 0.6 is 11.3 Å². The molecular formula is C19H16F3N3O2S. The molecule has 0 fully saturated rings. The molecule has 0 radical (unpaired) electrons. The van der Waals surface area contributed by atoms with Crippen LogP contribution in [0.15, 0.2) is 47.8 Å². The van der Waals surface area contributed by atoms with Crippen LogP contribution in [0.2, 0.25) is 0 Å². The van der Waals surface area contributed by atoms with Gasteiger partial charge in [-0.1, -0.05) is 12.1 Å². The number of benzene rings is 2. The van der Waals surface area contributed by atoms with Crippen molar-refractivity contribution in [2.75, 3.05) is 17.7 Å². The minimum Gasteiger partial charge on any atom is -0.496 e. The third-order valence-electron chi connectivity index (χ3n) is 3.90. The Labute approximate surface area is 163 Å². The molecule has 2 N–H and O–H groups in total. The molecule has 3 rings (SSSR count). The van der Waals surface area contributed by atoms with Gasteiger partial charge in [-0.2, -0.15) is 13.2 Å². The second kappa shape index (κ2) is 7.89. The van der Waals surface area contributed by atoms with Gasteiger partial charge < -0.3 is 10.1 Å². The summed E-state index contributed by atoms with van der Waals surface area (Å²) in [5, 5.41) is 6.70. The molecule has 146 valence electrons. The molecule has 2 amide bonds. The van der Waals surface area contributed by atoms with Crippen molar-refractivity contribution in [1.82, 2.24) is 4.98 Å². The highest BCUT2D eigenvalue weighted by molar-refractivity contribution is 7.14. The Morgan fingerprint density at radius 3 is 2.57 bits per heavy atom. The summed E-state index contributed by atoms with van der Waals surface area (Å²) >= 11 is 1.17. The van der Waals surface area contributed by atoms with Gasteiger partial charge in [-0.25, -0.2) is 9.78 Å². The van der Waals surface area contributed by atoms with Gasteiger partial charge in [-0.15, -0.1) is 11.3 Å². The molecule has 0 saturated carbocycles. The summed E-state index contributed by atoms with van der Waals surface area (Å²) in [6.45, 7) is 1.90. The van der Waals surface area contributed by atoms with Crippen LogP contribution in [0.5, 0.6) is 5.75 Å². The molecule has 3 aromatic rings. The van der Waals surface area contributed by atoms with Gasteiger partial charge in [0.1, 0.15) is 5.75 Å². The van der Waals surface area contributed by atoms with Crippen molar-refractivity contribution in [2.45, 2.75) is 13.1 Å². The maximum absolute atomic E-state index is 13.0. The first kappa shape index (κ1) is 19.7. The minimum atomic E-state index is -4.57. The molecule has 9 heteroatoms. The van der Waals surface area contributed by atoms with Crippen LogP contribution in [0.4, 0.5) is 28.8 Å². The summed E-state index contributed by atoms with van der Waals surface area (Å²) in [6.07, 6.45) is -4.57. The number of halogens is 3. The van der Waals surface area contributed by atoms with E-state index in [1.165, 1.54) is 29.5 Å². The van der Waals surface area contributed by atoms with Gasteiger partial charge in [0.05, 0.1) is 24.1 Å². The first-order chi connectivity index (χ1) is 13.3. The molecule has 0 bridgehead atoms. The molecule has 0 saturated heterocycles. The van der Waals surface area contributed by atoms with E-state index in [1.807, 2.05) is 25.1 Å². The van der Waals surface area contributed by atoms with E-state index in [1.54, 1.807) is 12.5 Å². The highest BCUT2D eigenvalue weighted by Crippen LogP contribution is 2.34. The number of carbonyl (C=O) groups excluding carboxylic acids is 1. The second-order valence-corrected chi connectivity index (χ2v) is 6.70. The number of hydrogen-bond acceptors (Lipinski definition) is 4. The lowest BCUT2D eigenvalue weighted by Gasteiger charge is -2.13. The Kier molecular flexibility index (Phi) is 5.55. The average Bonchev–Trinajstić information content (AvgIpc) is 3.09. The highest BCUT2D eigenvalue weighted by Gasteiger charge is 2.33. The van der Waals surface area contributed by atoms with Crippen LogP contribution in [0, 0.1) is 6.92 Å². The van der Waals surface area contributed by atoms with Gasteiger partial charge in [0.15, 0.2) is 5.13 Å². The van der Waals surface area contributed by atoms with Crippen LogP contribution in [0.3, 0.4) is 0 Å². The van der Waals surface area contributed by atoms with Gasteiger partial charge in [0.25, 0.3) is 0 Å². The largest absolute Gasteiger partial charge is 0.496 e. The van der Waals surface area contributed by atoms with Crippen molar-refractivity contribution in [3.05, 3.63) is 59.0 Å². The van der Waals surface area contributed by atoms with Gasteiger partial charge >= 0.3 is 12.2 Å². The third kappa shape index (κ3) is 4.42. The zero-order valence-corrected chi connectivity index (χ0v) is 15.7. The number of aryl methyl sites for hydroxylation is 1.